The molecule has 0 saturated heterocycles. The molecule has 2 aromatic rings. The first kappa shape index (κ1) is 15.3. The fourth-order valence-electron chi connectivity index (χ4n) is 2.11. The first-order valence-electron chi connectivity index (χ1n) is 6.16. The third kappa shape index (κ3) is 3.32. The van der Waals surface area contributed by atoms with Crippen LogP contribution in [0, 0.1) is 21.0 Å². The van der Waals surface area contributed by atoms with Crippen LogP contribution in [-0.4, -0.2) is 6.54 Å². The average molecular weight is 391 g/mol. The van der Waals surface area contributed by atoms with Crippen molar-refractivity contribution in [3.8, 4) is 0 Å². The Morgan fingerprint density at radius 2 is 1.75 bits per heavy atom. The largest absolute Gasteiger partial charge is 0.306 e. The lowest BCUT2D eigenvalue weighted by molar-refractivity contribution is 0.492. The van der Waals surface area contributed by atoms with Gasteiger partial charge in [-0.3, -0.25) is 0 Å². The molecule has 0 fully saturated rings. The van der Waals surface area contributed by atoms with Gasteiger partial charge in [-0.15, -0.1) is 0 Å². The SMILES string of the molecule is CCNC(c1cccc(I)c1)c1c(F)cc(F)cc1F. The zero-order valence-electron chi connectivity index (χ0n) is 10.8. The fourth-order valence-corrected chi connectivity index (χ4v) is 2.67. The standard InChI is InChI=1S/C15H13F3IN/c1-2-20-15(9-4-3-5-11(19)6-9)14-12(17)7-10(16)8-13(14)18/h3-8,15,20H,2H2,1H3. The van der Waals surface area contributed by atoms with Crippen molar-refractivity contribution in [2.45, 2.75) is 13.0 Å². The number of halogens is 4. The van der Waals surface area contributed by atoms with Crippen molar-refractivity contribution >= 4 is 22.6 Å². The van der Waals surface area contributed by atoms with Crippen LogP contribution < -0.4 is 5.32 Å². The Morgan fingerprint density at radius 1 is 1.10 bits per heavy atom. The molecule has 0 aliphatic carbocycles. The molecule has 0 aromatic heterocycles. The van der Waals surface area contributed by atoms with Gasteiger partial charge in [-0.25, -0.2) is 13.2 Å². The normalized spacial score (nSPS) is 12.4. The van der Waals surface area contributed by atoms with Crippen LogP contribution in [0.1, 0.15) is 24.1 Å². The summed E-state index contributed by atoms with van der Waals surface area (Å²) < 4.78 is 41.9. The second-order valence-corrected chi connectivity index (χ2v) is 5.57. The lowest BCUT2D eigenvalue weighted by atomic mass is 9.97. The van der Waals surface area contributed by atoms with Crippen LogP contribution in [0.2, 0.25) is 0 Å². The summed E-state index contributed by atoms with van der Waals surface area (Å²) in [6.45, 7) is 2.38. The van der Waals surface area contributed by atoms with E-state index in [2.05, 4.69) is 27.9 Å². The third-order valence-electron chi connectivity index (χ3n) is 2.92. The highest BCUT2D eigenvalue weighted by Gasteiger charge is 2.22. The molecule has 106 valence electrons. The van der Waals surface area contributed by atoms with E-state index in [-0.39, 0.29) is 5.56 Å². The Morgan fingerprint density at radius 3 is 2.30 bits per heavy atom. The van der Waals surface area contributed by atoms with Crippen LogP contribution in [0.4, 0.5) is 13.2 Å². The average Bonchev–Trinajstić information content (AvgIpc) is 2.36. The summed E-state index contributed by atoms with van der Waals surface area (Å²) in [5.74, 6) is -2.68. The number of hydrogen-bond donors (Lipinski definition) is 1. The quantitative estimate of drug-likeness (QED) is 0.762. The molecule has 1 nitrogen and oxygen atoms in total. The number of hydrogen-bond acceptors (Lipinski definition) is 1. The predicted octanol–water partition coefficient (Wildman–Crippen LogP) is 4.41. The minimum atomic E-state index is -0.915. The summed E-state index contributed by atoms with van der Waals surface area (Å²) in [5.41, 5.74) is 0.582. The Bertz CT molecular complexity index is 593. The molecule has 0 amide bonds. The molecule has 20 heavy (non-hydrogen) atoms. The van der Waals surface area contributed by atoms with E-state index in [0.717, 1.165) is 9.13 Å². The molecule has 2 aromatic carbocycles. The van der Waals surface area contributed by atoms with Crippen LogP contribution in [-0.2, 0) is 0 Å². The van der Waals surface area contributed by atoms with Gasteiger partial charge in [0, 0.05) is 21.3 Å². The molecule has 0 aliphatic heterocycles. The van der Waals surface area contributed by atoms with Crippen molar-refractivity contribution < 1.29 is 13.2 Å². The Hall–Kier alpha value is -1.08. The van der Waals surface area contributed by atoms with E-state index < -0.39 is 23.5 Å². The minimum Gasteiger partial charge on any atom is -0.306 e. The Labute approximate surface area is 129 Å². The monoisotopic (exact) mass is 391 g/mol. The zero-order chi connectivity index (χ0) is 14.7. The lowest BCUT2D eigenvalue weighted by Crippen LogP contribution is -2.24. The summed E-state index contributed by atoms with van der Waals surface area (Å²) >= 11 is 2.13. The van der Waals surface area contributed by atoms with Crippen molar-refractivity contribution in [1.82, 2.24) is 5.32 Å². The molecule has 5 heteroatoms. The summed E-state index contributed by atoms with van der Waals surface area (Å²) in [4.78, 5) is 0. The summed E-state index contributed by atoms with van der Waals surface area (Å²) in [6, 6.07) is 8.11. The highest BCUT2D eigenvalue weighted by Crippen LogP contribution is 2.28. The first-order valence-corrected chi connectivity index (χ1v) is 7.24. The van der Waals surface area contributed by atoms with Crippen molar-refractivity contribution in [2.24, 2.45) is 0 Å². The molecular weight excluding hydrogens is 378 g/mol. The van der Waals surface area contributed by atoms with Crippen molar-refractivity contribution in [1.29, 1.82) is 0 Å². The highest BCUT2D eigenvalue weighted by molar-refractivity contribution is 14.1. The second-order valence-electron chi connectivity index (χ2n) is 4.33. The van der Waals surface area contributed by atoms with Crippen LogP contribution in [0.15, 0.2) is 36.4 Å². The maximum atomic E-state index is 13.9. The molecule has 1 N–H and O–H groups in total. The predicted molar refractivity (Wildman–Crippen MR) is 81.0 cm³/mol. The Balaban J connectivity index is 2.54. The van der Waals surface area contributed by atoms with E-state index in [9.17, 15) is 13.2 Å². The minimum absolute atomic E-state index is 0.157. The molecule has 1 atom stereocenters. The van der Waals surface area contributed by atoms with E-state index in [1.807, 2.05) is 25.1 Å². The van der Waals surface area contributed by atoms with Gasteiger partial charge in [-0.2, -0.15) is 0 Å². The fraction of sp³-hybridized carbons (Fsp3) is 0.200. The summed E-state index contributed by atoms with van der Waals surface area (Å²) in [7, 11) is 0. The molecule has 2 rings (SSSR count). The molecule has 0 spiro atoms. The zero-order valence-corrected chi connectivity index (χ0v) is 12.9. The number of nitrogens with one attached hydrogen (secondary N) is 1. The molecular formula is C15H13F3IN. The van der Waals surface area contributed by atoms with E-state index in [1.54, 1.807) is 6.07 Å². The van der Waals surface area contributed by atoms with Gasteiger partial charge in [0.05, 0.1) is 6.04 Å². The molecule has 0 heterocycles. The van der Waals surface area contributed by atoms with Gasteiger partial charge < -0.3 is 5.32 Å². The van der Waals surface area contributed by atoms with E-state index in [0.29, 0.717) is 18.7 Å². The van der Waals surface area contributed by atoms with Gasteiger partial charge in [0.1, 0.15) is 17.5 Å². The summed E-state index contributed by atoms with van der Waals surface area (Å²) in [6.07, 6.45) is 0. The van der Waals surface area contributed by atoms with Gasteiger partial charge in [0.2, 0.25) is 0 Å². The highest BCUT2D eigenvalue weighted by atomic mass is 127. The van der Waals surface area contributed by atoms with E-state index in [4.69, 9.17) is 0 Å². The summed E-state index contributed by atoms with van der Waals surface area (Å²) in [5, 5.41) is 3.04. The smallest absolute Gasteiger partial charge is 0.134 e. The van der Waals surface area contributed by atoms with Crippen LogP contribution in [0.3, 0.4) is 0 Å². The molecule has 0 bridgehead atoms. The van der Waals surface area contributed by atoms with Crippen molar-refractivity contribution in [2.75, 3.05) is 6.54 Å². The molecule has 1 unspecified atom stereocenters. The number of rotatable bonds is 4. The number of benzene rings is 2. The lowest BCUT2D eigenvalue weighted by Gasteiger charge is -2.20. The van der Waals surface area contributed by atoms with E-state index >= 15 is 0 Å². The molecule has 0 aliphatic rings. The first-order chi connectivity index (χ1) is 9.52. The van der Waals surface area contributed by atoms with Gasteiger partial charge in [0.15, 0.2) is 0 Å². The van der Waals surface area contributed by atoms with E-state index in [1.165, 1.54) is 0 Å². The van der Waals surface area contributed by atoms with Crippen molar-refractivity contribution in [3.05, 3.63) is 68.5 Å². The van der Waals surface area contributed by atoms with Gasteiger partial charge in [-0.05, 0) is 46.8 Å². The molecule has 0 saturated carbocycles. The van der Waals surface area contributed by atoms with Crippen LogP contribution in [0.5, 0.6) is 0 Å². The third-order valence-corrected chi connectivity index (χ3v) is 3.59. The maximum absolute atomic E-state index is 13.9. The topological polar surface area (TPSA) is 12.0 Å². The van der Waals surface area contributed by atoms with Gasteiger partial charge in [0.25, 0.3) is 0 Å². The van der Waals surface area contributed by atoms with Gasteiger partial charge >= 0.3 is 0 Å². The van der Waals surface area contributed by atoms with Crippen molar-refractivity contribution in [3.63, 3.8) is 0 Å². The van der Waals surface area contributed by atoms with Crippen LogP contribution >= 0.6 is 22.6 Å². The maximum Gasteiger partial charge on any atom is 0.134 e. The second kappa shape index (κ2) is 6.58. The Kier molecular flexibility index (Phi) is 5.04. The molecule has 0 radical (unpaired) electrons. The van der Waals surface area contributed by atoms with Gasteiger partial charge in [-0.1, -0.05) is 19.1 Å². The van der Waals surface area contributed by atoms with Crippen LogP contribution in [0.25, 0.3) is 0 Å².